The highest BCUT2D eigenvalue weighted by Gasteiger charge is 2.24. The van der Waals surface area contributed by atoms with Gasteiger partial charge in [0.05, 0.1) is 12.2 Å². The largest absolute Gasteiger partial charge is 0.369 e. The van der Waals surface area contributed by atoms with Gasteiger partial charge in [0.15, 0.2) is 0 Å². The first-order valence-corrected chi connectivity index (χ1v) is 9.84. The third kappa shape index (κ3) is 4.74. The summed E-state index contributed by atoms with van der Waals surface area (Å²) in [7, 11) is 1.74. The minimum absolute atomic E-state index is 0.167. The van der Waals surface area contributed by atoms with Gasteiger partial charge in [0, 0.05) is 36.1 Å². The Bertz CT molecular complexity index is 989. The van der Waals surface area contributed by atoms with E-state index in [2.05, 4.69) is 25.5 Å². The maximum absolute atomic E-state index is 13.1. The average Bonchev–Trinajstić information content (AvgIpc) is 3.23. The van der Waals surface area contributed by atoms with Gasteiger partial charge < -0.3 is 10.2 Å². The normalized spacial score (nSPS) is 11.9. The quantitative estimate of drug-likeness (QED) is 0.613. The number of halogens is 1. The smallest absolute Gasteiger partial charge is 0.291 e. The lowest BCUT2D eigenvalue weighted by Crippen LogP contribution is -2.31. The predicted molar refractivity (Wildman–Crippen MR) is 114 cm³/mol. The number of aryl methyl sites for hydroxylation is 1. The molecule has 2 heterocycles. The Kier molecular flexibility index (Phi) is 6.49. The van der Waals surface area contributed by atoms with Gasteiger partial charge in [-0.3, -0.25) is 9.89 Å². The SMILES string of the molecule is Cc1nc(C(=O)N(C)[C@@H](C)c2ccccc2Cl)nc(NCCc2cn[nH]c2)c1C. The number of hydrogen-bond donors (Lipinski definition) is 2. The number of rotatable bonds is 7. The monoisotopic (exact) mass is 412 g/mol. The van der Waals surface area contributed by atoms with Crippen LogP contribution in [0.1, 0.15) is 46.0 Å². The fraction of sp³-hybridized carbons (Fsp3) is 0.333. The first kappa shape index (κ1) is 20.8. The lowest BCUT2D eigenvalue weighted by atomic mass is 10.1. The molecule has 0 bridgehead atoms. The molecule has 3 rings (SSSR count). The van der Waals surface area contributed by atoms with Crippen molar-refractivity contribution >= 4 is 23.3 Å². The van der Waals surface area contributed by atoms with E-state index in [0.29, 0.717) is 17.4 Å². The second-order valence-electron chi connectivity index (χ2n) is 7.00. The van der Waals surface area contributed by atoms with Crippen molar-refractivity contribution in [3.63, 3.8) is 0 Å². The molecular weight excluding hydrogens is 388 g/mol. The van der Waals surface area contributed by atoms with Crippen molar-refractivity contribution in [2.45, 2.75) is 33.2 Å². The summed E-state index contributed by atoms with van der Waals surface area (Å²) in [6.07, 6.45) is 4.45. The van der Waals surface area contributed by atoms with Crippen LogP contribution in [0.15, 0.2) is 36.7 Å². The molecule has 8 heteroatoms. The third-order valence-corrected chi connectivity index (χ3v) is 5.44. The fourth-order valence-corrected chi connectivity index (χ4v) is 3.29. The number of benzene rings is 1. The van der Waals surface area contributed by atoms with Crippen LogP contribution in [-0.2, 0) is 6.42 Å². The van der Waals surface area contributed by atoms with E-state index in [9.17, 15) is 4.79 Å². The van der Waals surface area contributed by atoms with Crippen LogP contribution in [0.2, 0.25) is 5.02 Å². The summed E-state index contributed by atoms with van der Waals surface area (Å²) in [4.78, 5) is 23.6. The molecule has 152 valence electrons. The molecule has 0 spiro atoms. The summed E-state index contributed by atoms with van der Waals surface area (Å²) < 4.78 is 0. The standard InChI is InChI=1S/C21H25ClN6O/c1-13-14(2)26-20(27-19(13)23-10-9-16-11-24-25-12-16)21(29)28(4)15(3)17-7-5-6-8-18(17)22/h5-8,11-12,15H,9-10H2,1-4H3,(H,24,25)(H,23,26,27)/t15-/m0/s1. The molecule has 0 aliphatic rings. The number of H-pyrrole nitrogens is 1. The minimum Gasteiger partial charge on any atom is -0.369 e. The van der Waals surface area contributed by atoms with Crippen LogP contribution in [0.3, 0.4) is 0 Å². The average molecular weight is 413 g/mol. The highest BCUT2D eigenvalue weighted by atomic mass is 35.5. The number of hydrogen-bond acceptors (Lipinski definition) is 5. The first-order chi connectivity index (χ1) is 13.9. The molecule has 2 aromatic heterocycles. The first-order valence-electron chi connectivity index (χ1n) is 9.46. The summed E-state index contributed by atoms with van der Waals surface area (Å²) in [5, 5.41) is 10.7. The van der Waals surface area contributed by atoms with E-state index >= 15 is 0 Å². The number of carbonyl (C=O) groups excluding carboxylic acids is 1. The van der Waals surface area contributed by atoms with Crippen LogP contribution in [-0.4, -0.2) is 44.6 Å². The maximum Gasteiger partial charge on any atom is 0.291 e. The molecule has 0 aliphatic carbocycles. The lowest BCUT2D eigenvalue weighted by molar-refractivity contribution is 0.0730. The van der Waals surface area contributed by atoms with Crippen LogP contribution in [0, 0.1) is 13.8 Å². The van der Waals surface area contributed by atoms with Gasteiger partial charge in [0.1, 0.15) is 5.82 Å². The second kappa shape index (κ2) is 9.05. The van der Waals surface area contributed by atoms with E-state index in [1.165, 1.54) is 0 Å². The van der Waals surface area contributed by atoms with E-state index < -0.39 is 0 Å². The van der Waals surface area contributed by atoms with Gasteiger partial charge in [0.2, 0.25) is 5.82 Å². The number of nitrogens with zero attached hydrogens (tertiary/aromatic N) is 4. The van der Waals surface area contributed by atoms with Gasteiger partial charge in [-0.25, -0.2) is 9.97 Å². The zero-order chi connectivity index (χ0) is 21.0. The highest BCUT2D eigenvalue weighted by Crippen LogP contribution is 2.27. The summed E-state index contributed by atoms with van der Waals surface area (Å²) in [5.41, 5.74) is 3.68. The molecule has 3 aromatic rings. The van der Waals surface area contributed by atoms with Crippen molar-refractivity contribution in [1.82, 2.24) is 25.1 Å². The summed E-state index contributed by atoms with van der Waals surface area (Å²) in [6, 6.07) is 7.30. The Morgan fingerprint density at radius 1 is 1.28 bits per heavy atom. The molecule has 1 amide bonds. The molecule has 7 nitrogen and oxygen atoms in total. The summed E-state index contributed by atoms with van der Waals surface area (Å²) >= 11 is 6.30. The predicted octanol–water partition coefficient (Wildman–Crippen LogP) is 3.96. The number of anilines is 1. The van der Waals surface area contributed by atoms with Gasteiger partial charge in [-0.15, -0.1) is 0 Å². The molecule has 1 aromatic carbocycles. The Labute approximate surface area is 175 Å². The molecule has 0 fully saturated rings. The summed E-state index contributed by atoms with van der Waals surface area (Å²) in [5.74, 6) is 0.585. The van der Waals surface area contributed by atoms with E-state index in [1.807, 2.05) is 51.2 Å². The van der Waals surface area contributed by atoms with Crippen LogP contribution in [0.25, 0.3) is 0 Å². The summed E-state index contributed by atoms with van der Waals surface area (Å²) in [6.45, 7) is 6.44. The van der Waals surface area contributed by atoms with E-state index in [1.54, 1.807) is 18.1 Å². The van der Waals surface area contributed by atoms with Crippen LogP contribution >= 0.6 is 11.6 Å². The number of amides is 1. The Balaban J connectivity index is 1.77. The maximum atomic E-state index is 13.1. The zero-order valence-corrected chi connectivity index (χ0v) is 17.8. The minimum atomic E-state index is -0.251. The highest BCUT2D eigenvalue weighted by molar-refractivity contribution is 6.31. The second-order valence-corrected chi connectivity index (χ2v) is 7.41. The molecule has 1 atom stereocenters. The van der Waals surface area contributed by atoms with Gasteiger partial charge in [-0.05, 0) is 44.4 Å². The van der Waals surface area contributed by atoms with Crippen molar-refractivity contribution in [1.29, 1.82) is 0 Å². The number of carbonyl (C=O) groups is 1. The van der Waals surface area contributed by atoms with Crippen molar-refractivity contribution < 1.29 is 4.79 Å². The third-order valence-electron chi connectivity index (χ3n) is 5.10. The van der Waals surface area contributed by atoms with Gasteiger partial charge in [-0.2, -0.15) is 5.10 Å². The lowest BCUT2D eigenvalue weighted by Gasteiger charge is -2.25. The molecule has 0 unspecified atom stereocenters. The van der Waals surface area contributed by atoms with Gasteiger partial charge >= 0.3 is 0 Å². The van der Waals surface area contributed by atoms with Crippen LogP contribution in [0.4, 0.5) is 5.82 Å². The number of nitrogens with one attached hydrogen (secondary N) is 2. The molecular formula is C21H25ClN6O. The Morgan fingerprint density at radius 2 is 2.03 bits per heavy atom. The molecule has 0 saturated carbocycles. The molecule has 29 heavy (non-hydrogen) atoms. The fourth-order valence-electron chi connectivity index (χ4n) is 2.99. The van der Waals surface area contributed by atoms with E-state index in [4.69, 9.17) is 11.6 Å². The number of aromatic amines is 1. The Hall–Kier alpha value is -2.93. The molecule has 0 aliphatic heterocycles. The van der Waals surface area contributed by atoms with E-state index in [-0.39, 0.29) is 17.8 Å². The van der Waals surface area contributed by atoms with Gasteiger partial charge in [-0.1, -0.05) is 29.8 Å². The van der Waals surface area contributed by atoms with Crippen molar-refractivity contribution in [2.24, 2.45) is 0 Å². The Morgan fingerprint density at radius 3 is 2.72 bits per heavy atom. The molecule has 2 N–H and O–H groups in total. The number of aromatic nitrogens is 4. The zero-order valence-electron chi connectivity index (χ0n) is 17.0. The van der Waals surface area contributed by atoms with Gasteiger partial charge in [0.25, 0.3) is 5.91 Å². The van der Waals surface area contributed by atoms with Crippen molar-refractivity contribution in [3.05, 3.63) is 69.9 Å². The van der Waals surface area contributed by atoms with E-state index in [0.717, 1.165) is 28.8 Å². The topological polar surface area (TPSA) is 86.8 Å². The van der Waals surface area contributed by atoms with Crippen LogP contribution in [0.5, 0.6) is 0 Å². The van der Waals surface area contributed by atoms with Crippen molar-refractivity contribution in [2.75, 3.05) is 18.9 Å². The molecule has 0 radical (unpaired) electrons. The van der Waals surface area contributed by atoms with Crippen LogP contribution < -0.4 is 5.32 Å². The van der Waals surface area contributed by atoms with Crippen molar-refractivity contribution in [3.8, 4) is 0 Å². The molecule has 0 saturated heterocycles.